The minimum absolute atomic E-state index is 0.137. The second kappa shape index (κ2) is 8.05. The second-order valence-electron chi connectivity index (χ2n) is 4.99. The van der Waals surface area contributed by atoms with Gasteiger partial charge in [-0.15, -0.1) is 0 Å². The molecule has 0 aliphatic heterocycles. The molecule has 7 heteroatoms. The fourth-order valence-corrected chi connectivity index (χ4v) is 2.55. The number of nitrogens with one attached hydrogen (secondary N) is 2. The van der Waals surface area contributed by atoms with Crippen LogP contribution in [0, 0.1) is 0 Å². The number of anilines is 2. The zero-order chi connectivity index (χ0) is 15.9. The largest absolute Gasteiger partial charge is 0.397 e. The van der Waals surface area contributed by atoms with Gasteiger partial charge in [-0.05, 0) is 30.6 Å². The molecule has 2 aromatic rings. The number of H-pyrrole nitrogens is 1. The molecule has 0 saturated carbocycles. The first kappa shape index (κ1) is 16.6. The first-order chi connectivity index (χ1) is 10.7. The second-order valence-corrected chi connectivity index (χ2v) is 5.97. The maximum absolute atomic E-state index is 12.0. The molecule has 0 amide bonds. The van der Waals surface area contributed by atoms with E-state index in [1.54, 1.807) is 24.9 Å². The summed E-state index contributed by atoms with van der Waals surface area (Å²) in [6.45, 7) is 1.47. The average Bonchev–Trinajstić information content (AvgIpc) is 2.50. The number of benzene rings is 1. The van der Waals surface area contributed by atoms with Gasteiger partial charge >= 0.3 is 0 Å². The molecular weight excluding hydrogens is 300 g/mol. The first-order valence-electron chi connectivity index (χ1n) is 7.20. The summed E-state index contributed by atoms with van der Waals surface area (Å²) in [4.78, 5) is 19.3. The van der Waals surface area contributed by atoms with Crippen molar-refractivity contribution in [1.29, 1.82) is 0 Å². The number of hydrogen-bond donors (Lipinski definition) is 3. The van der Waals surface area contributed by atoms with Gasteiger partial charge < -0.3 is 20.8 Å². The number of nitrogens with two attached hydrogens (primary N) is 1. The van der Waals surface area contributed by atoms with Gasteiger partial charge in [-0.3, -0.25) is 4.79 Å². The molecule has 0 unspecified atom stereocenters. The lowest BCUT2D eigenvalue weighted by atomic mass is 10.2. The van der Waals surface area contributed by atoms with Crippen LogP contribution in [0.4, 0.5) is 11.4 Å². The number of aromatic nitrogens is 2. The molecule has 0 spiro atoms. The molecule has 0 bridgehead atoms. The summed E-state index contributed by atoms with van der Waals surface area (Å²) in [7, 11) is 1.68. The number of ether oxygens (including phenoxy) is 1. The highest BCUT2D eigenvalue weighted by molar-refractivity contribution is 7.98. The van der Waals surface area contributed by atoms with Gasteiger partial charge in [-0.1, -0.05) is 0 Å². The van der Waals surface area contributed by atoms with Crippen LogP contribution in [0.5, 0.6) is 0 Å². The Hall–Kier alpha value is -1.73. The molecule has 6 nitrogen and oxygen atoms in total. The molecule has 2 rings (SSSR count). The highest BCUT2D eigenvalue weighted by atomic mass is 32.2. The minimum atomic E-state index is -0.137. The Morgan fingerprint density at radius 2 is 2.27 bits per heavy atom. The van der Waals surface area contributed by atoms with E-state index in [0.717, 1.165) is 29.9 Å². The molecule has 22 heavy (non-hydrogen) atoms. The van der Waals surface area contributed by atoms with Crippen LogP contribution in [0.15, 0.2) is 16.9 Å². The predicted octanol–water partition coefficient (Wildman–Crippen LogP) is 1.86. The molecule has 0 saturated heterocycles. The number of aryl methyl sites for hydroxylation is 1. The first-order valence-corrected chi connectivity index (χ1v) is 8.59. The summed E-state index contributed by atoms with van der Waals surface area (Å²) in [5.74, 6) is 0.874. The molecule has 120 valence electrons. The van der Waals surface area contributed by atoms with E-state index < -0.39 is 0 Å². The molecule has 4 N–H and O–H groups in total. The van der Waals surface area contributed by atoms with Crippen molar-refractivity contribution >= 4 is 34.2 Å². The van der Waals surface area contributed by atoms with Crippen LogP contribution in [-0.2, 0) is 11.2 Å². The Balaban J connectivity index is 2.26. The Morgan fingerprint density at radius 3 is 3.00 bits per heavy atom. The van der Waals surface area contributed by atoms with E-state index in [0.29, 0.717) is 29.9 Å². The van der Waals surface area contributed by atoms with Gasteiger partial charge in [0.15, 0.2) is 0 Å². The van der Waals surface area contributed by atoms with Gasteiger partial charge in [0.25, 0.3) is 5.56 Å². The van der Waals surface area contributed by atoms with Crippen molar-refractivity contribution in [3.05, 3.63) is 28.2 Å². The number of hydrogen-bond acceptors (Lipinski definition) is 6. The third-order valence-electron chi connectivity index (χ3n) is 3.32. The van der Waals surface area contributed by atoms with Gasteiger partial charge in [0.2, 0.25) is 0 Å². The SMILES string of the molecule is COCCCNc1cc2nc(CCSC)c(=O)[nH]c2cc1N. The van der Waals surface area contributed by atoms with Crippen molar-refractivity contribution in [2.45, 2.75) is 12.8 Å². The minimum Gasteiger partial charge on any atom is -0.397 e. The van der Waals surface area contributed by atoms with Gasteiger partial charge in [0.05, 0.1) is 22.4 Å². The molecule has 1 aromatic carbocycles. The summed E-state index contributed by atoms with van der Waals surface area (Å²) < 4.78 is 5.02. The number of fused-ring (bicyclic) bond motifs is 1. The maximum Gasteiger partial charge on any atom is 0.270 e. The topological polar surface area (TPSA) is 93.0 Å². The lowest BCUT2D eigenvalue weighted by Gasteiger charge is -2.11. The van der Waals surface area contributed by atoms with Gasteiger partial charge in [0.1, 0.15) is 5.69 Å². The van der Waals surface area contributed by atoms with Crippen LogP contribution in [0.25, 0.3) is 11.0 Å². The Morgan fingerprint density at radius 1 is 1.45 bits per heavy atom. The Labute approximate surface area is 133 Å². The van der Waals surface area contributed by atoms with Crippen LogP contribution in [-0.4, -0.2) is 42.2 Å². The van der Waals surface area contributed by atoms with Crippen LogP contribution < -0.4 is 16.6 Å². The molecule has 0 atom stereocenters. The molecule has 0 fully saturated rings. The smallest absolute Gasteiger partial charge is 0.270 e. The third kappa shape index (κ3) is 4.14. The summed E-state index contributed by atoms with van der Waals surface area (Å²) >= 11 is 1.69. The summed E-state index contributed by atoms with van der Waals surface area (Å²) in [6, 6.07) is 3.64. The molecule has 1 heterocycles. The highest BCUT2D eigenvalue weighted by Crippen LogP contribution is 2.23. The van der Waals surface area contributed by atoms with E-state index >= 15 is 0 Å². The zero-order valence-electron chi connectivity index (χ0n) is 12.9. The molecule has 0 radical (unpaired) electrons. The standard InChI is InChI=1S/C15H22N4O2S/c1-21-6-3-5-17-12-9-14-13(8-10(12)16)19-15(20)11(18-14)4-7-22-2/h8-9,17H,3-7,16H2,1-2H3,(H,19,20). The van der Waals surface area contributed by atoms with Crippen LogP contribution >= 0.6 is 11.8 Å². The molecular formula is C15H22N4O2S. The van der Waals surface area contributed by atoms with Crippen LogP contribution in [0.2, 0.25) is 0 Å². The fraction of sp³-hybridized carbons (Fsp3) is 0.467. The number of thioether (sulfide) groups is 1. The summed E-state index contributed by atoms with van der Waals surface area (Å²) in [5, 5.41) is 3.28. The van der Waals surface area contributed by atoms with E-state index in [4.69, 9.17) is 10.5 Å². The fourth-order valence-electron chi connectivity index (χ4n) is 2.15. The maximum atomic E-state index is 12.0. The summed E-state index contributed by atoms with van der Waals surface area (Å²) in [5.41, 5.74) is 9.29. The average molecular weight is 322 g/mol. The zero-order valence-corrected chi connectivity index (χ0v) is 13.8. The lowest BCUT2D eigenvalue weighted by Crippen LogP contribution is -2.16. The van der Waals surface area contributed by atoms with E-state index in [1.807, 2.05) is 12.3 Å². The Kier molecular flexibility index (Phi) is 6.09. The van der Waals surface area contributed by atoms with Crippen molar-refractivity contribution in [3.63, 3.8) is 0 Å². The van der Waals surface area contributed by atoms with Crippen molar-refractivity contribution in [2.75, 3.05) is 43.3 Å². The third-order valence-corrected chi connectivity index (χ3v) is 3.93. The number of rotatable bonds is 8. The van der Waals surface area contributed by atoms with Crippen molar-refractivity contribution in [3.8, 4) is 0 Å². The Bertz CT molecular complexity index is 687. The van der Waals surface area contributed by atoms with E-state index in [2.05, 4.69) is 15.3 Å². The monoisotopic (exact) mass is 322 g/mol. The highest BCUT2D eigenvalue weighted by Gasteiger charge is 2.08. The normalized spacial score (nSPS) is 11.0. The number of aromatic amines is 1. The predicted molar refractivity (Wildman–Crippen MR) is 93.8 cm³/mol. The lowest BCUT2D eigenvalue weighted by molar-refractivity contribution is 0.198. The number of nitrogen functional groups attached to an aromatic ring is 1. The van der Waals surface area contributed by atoms with Crippen LogP contribution in [0.3, 0.4) is 0 Å². The van der Waals surface area contributed by atoms with Gasteiger partial charge in [-0.25, -0.2) is 4.98 Å². The van der Waals surface area contributed by atoms with Crippen molar-refractivity contribution in [1.82, 2.24) is 9.97 Å². The van der Waals surface area contributed by atoms with Crippen LogP contribution in [0.1, 0.15) is 12.1 Å². The molecule has 0 aliphatic carbocycles. The van der Waals surface area contributed by atoms with E-state index in [1.165, 1.54) is 0 Å². The number of nitrogens with zero attached hydrogens (tertiary/aromatic N) is 1. The number of methoxy groups -OCH3 is 1. The molecule has 0 aliphatic rings. The van der Waals surface area contributed by atoms with Crippen molar-refractivity contribution in [2.24, 2.45) is 0 Å². The summed E-state index contributed by atoms with van der Waals surface area (Å²) in [6.07, 6.45) is 3.57. The van der Waals surface area contributed by atoms with Crippen molar-refractivity contribution < 1.29 is 4.74 Å². The van der Waals surface area contributed by atoms with E-state index in [-0.39, 0.29) is 5.56 Å². The van der Waals surface area contributed by atoms with E-state index in [9.17, 15) is 4.79 Å². The molecule has 1 aromatic heterocycles. The van der Waals surface area contributed by atoms with Gasteiger partial charge in [-0.2, -0.15) is 11.8 Å². The quantitative estimate of drug-likeness (QED) is 0.507. The van der Waals surface area contributed by atoms with Gasteiger partial charge in [0, 0.05) is 26.7 Å².